The molecule has 0 saturated carbocycles. The Morgan fingerprint density at radius 3 is 2.03 bits per heavy atom. The Labute approximate surface area is 174 Å². The first kappa shape index (κ1) is 21.9. The van der Waals surface area contributed by atoms with Gasteiger partial charge in [0.2, 0.25) is 0 Å². The third-order valence-corrected chi connectivity index (χ3v) is 5.24. The molecule has 29 heavy (non-hydrogen) atoms. The van der Waals surface area contributed by atoms with E-state index in [0.717, 1.165) is 65.5 Å². The molecule has 1 atom stereocenters. The minimum Gasteiger partial charge on any atom is -0.394 e. The highest BCUT2D eigenvalue weighted by atomic mass is 16.5. The molecule has 0 radical (unpaired) electrons. The van der Waals surface area contributed by atoms with Crippen LogP contribution in [0.1, 0.15) is 17.5 Å². The molecule has 4 rings (SSSR count). The fraction of sp³-hybridized carbons (Fsp3) is 0.500. The van der Waals surface area contributed by atoms with E-state index < -0.39 is 0 Å². The third-order valence-electron chi connectivity index (χ3n) is 5.24. The summed E-state index contributed by atoms with van der Waals surface area (Å²) in [5.41, 5.74) is 2.71. The van der Waals surface area contributed by atoms with E-state index >= 15 is 0 Å². The number of rotatable bonds is 5. The van der Waals surface area contributed by atoms with E-state index in [0.29, 0.717) is 0 Å². The molecule has 0 bridgehead atoms. The normalized spacial score (nSPS) is 21.1. The Hall–Kier alpha value is -1.76. The van der Waals surface area contributed by atoms with Crippen LogP contribution in [0.4, 0.5) is 0 Å². The molecular weight excluding hydrogens is 364 g/mol. The second-order valence-corrected chi connectivity index (χ2v) is 7.62. The molecule has 0 spiro atoms. The van der Waals surface area contributed by atoms with E-state index in [1.165, 1.54) is 11.1 Å². The maximum atomic E-state index is 9.02. The molecule has 2 saturated heterocycles. The Balaban J connectivity index is 0.000000166. The highest BCUT2D eigenvalue weighted by Gasteiger charge is 2.19. The van der Waals surface area contributed by atoms with E-state index in [-0.39, 0.29) is 12.7 Å². The highest BCUT2D eigenvalue weighted by molar-refractivity contribution is 5.15. The van der Waals surface area contributed by atoms with Gasteiger partial charge in [0, 0.05) is 45.9 Å². The first-order valence-electron chi connectivity index (χ1n) is 10.7. The molecule has 2 aromatic carbocycles. The van der Waals surface area contributed by atoms with Gasteiger partial charge in [0.1, 0.15) is 0 Å². The zero-order chi connectivity index (χ0) is 20.2. The lowest BCUT2D eigenvalue weighted by molar-refractivity contribution is -0.0551. The van der Waals surface area contributed by atoms with Gasteiger partial charge >= 0.3 is 0 Å². The monoisotopic (exact) mass is 398 g/mol. The Kier molecular flexibility index (Phi) is 9.63. The standard InChI is InChI=1S/C12H17NO2.C12H17NO/c14-10-12-9-13(6-7-15-12)8-11-4-2-1-3-5-11;1-2-5-12(6-3-1)11-13-7-4-9-14-10-8-13/h1-5,12,14H,6-10H2;1-3,5-6H,4,7-11H2. The third kappa shape index (κ3) is 8.25. The molecule has 5 heteroatoms. The Morgan fingerprint density at radius 1 is 0.759 bits per heavy atom. The first-order chi connectivity index (χ1) is 14.3. The maximum Gasteiger partial charge on any atom is 0.0933 e. The van der Waals surface area contributed by atoms with E-state index in [2.05, 4.69) is 64.4 Å². The molecule has 0 aliphatic carbocycles. The lowest BCUT2D eigenvalue weighted by atomic mass is 10.2. The fourth-order valence-corrected chi connectivity index (χ4v) is 3.67. The van der Waals surface area contributed by atoms with Crippen molar-refractivity contribution in [2.45, 2.75) is 25.6 Å². The number of hydrogen-bond acceptors (Lipinski definition) is 5. The van der Waals surface area contributed by atoms with Gasteiger partial charge in [0.15, 0.2) is 0 Å². The van der Waals surface area contributed by atoms with Gasteiger partial charge in [-0.1, -0.05) is 60.7 Å². The van der Waals surface area contributed by atoms with Crippen molar-refractivity contribution in [3.8, 4) is 0 Å². The van der Waals surface area contributed by atoms with Gasteiger partial charge in [0.25, 0.3) is 0 Å². The van der Waals surface area contributed by atoms with Gasteiger partial charge in [-0.3, -0.25) is 9.80 Å². The van der Waals surface area contributed by atoms with Gasteiger partial charge in [0.05, 0.1) is 25.9 Å². The number of benzene rings is 2. The molecular formula is C24H34N2O3. The van der Waals surface area contributed by atoms with Crippen molar-refractivity contribution in [2.75, 3.05) is 52.6 Å². The fourth-order valence-electron chi connectivity index (χ4n) is 3.67. The van der Waals surface area contributed by atoms with Gasteiger partial charge in [-0.05, 0) is 17.5 Å². The van der Waals surface area contributed by atoms with Crippen LogP contribution in [0.25, 0.3) is 0 Å². The van der Waals surface area contributed by atoms with E-state index in [1.807, 2.05) is 6.07 Å². The predicted octanol–water partition coefficient (Wildman–Crippen LogP) is 2.79. The van der Waals surface area contributed by atoms with Crippen molar-refractivity contribution >= 4 is 0 Å². The lowest BCUT2D eigenvalue weighted by Gasteiger charge is -2.31. The first-order valence-corrected chi connectivity index (χ1v) is 10.7. The van der Waals surface area contributed by atoms with Crippen molar-refractivity contribution in [3.63, 3.8) is 0 Å². The molecule has 2 heterocycles. The zero-order valence-corrected chi connectivity index (χ0v) is 17.3. The minimum absolute atomic E-state index is 0.0116. The number of hydrogen-bond donors (Lipinski definition) is 1. The molecule has 2 aromatic rings. The lowest BCUT2D eigenvalue weighted by Crippen LogP contribution is -2.43. The largest absolute Gasteiger partial charge is 0.394 e. The van der Waals surface area contributed by atoms with Crippen LogP contribution in [0.15, 0.2) is 60.7 Å². The molecule has 158 valence electrons. The zero-order valence-electron chi connectivity index (χ0n) is 17.3. The summed E-state index contributed by atoms with van der Waals surface area (Å²) in [6.07, 6.45) is 1.15. The number of aliphatic hydroxyl groups excluding tert-OH is 1. The number of morpholine rings is 1. The van der Waals surface area contributed by atoms with E-state index in [1.54, 1.807) is 0 Å². The number of ether oxygens (including phenoxy) is 2. The quantitative estimate of drug-likeness (QED) is 0.839. The minimum atomic E-state index is -0.0116. The topological polar surface area (TPSA) is 45.2 Å². The summed E-state index contributed by atoms with van der Waals surface area (Å²) in [5.74, 6) is 0. The summed E-state index contributed by atoms with van der Waals surface area (Å²) in [6, 6.07) is 21.0. The predicted molar refractivity (Wildman–Crippen MR) is 116 cm³/mol. The van der Waals surface area contributed by atoms with Crippen molar-refractivity contribution in [2.24, 2.45) is 0 Å². The van der Waals surface area contributed by atoms with Crippen molar-refractivity contribution < 1.29 is 14.6 Å². The van der Waals surface area contributed by atoms with Gasteiger partial charge in [-0.15, -0.1) is 0 Å². The summed E-state index contributed by atoms with van der Waals surface area (Å²) in [7, 11) is 0. The van der Waals surface area contributed by atoms with Crippen LogP contribution >= 0.6 is 0 Å². The average molecular weight is 399 g/mol. The van der Waals surface area contributed by atoms with Crippen LogP contribution in [0, 0.1) is 0 Å². The molecule has 0 aromatic heterocycles. The van der Waals surface area contributed by atoms with Crippen LogP contribution in [0.5, 0.6) is 0 Å². The highest BCUT2D eigenvalue weighted by Crippen LogP contribution is 2.10. The second-order valence-electron chi connectivity index (χ2n) is 7.62. The van der Waals surface area contributed by atoms with E-state index in [9.17, 15) is 0 Å². The number of aliphatic hydroxyl groups is 1. The SMILES string of the molecule is OCC1CN(Cc2ccccc2)CCO1.c1ccc(CN2CCCOCC2)cc1. The molecule has 1 unspecified atom stereocenters. The van der Waals surface area contributed by atoms with Crippen LogP contribution in [0.3, 0.4) is 0 Å². The van der Waals surface area contributed by atoms with E-state index in [4.69, 9.17) is 14.6 Å². The summed E-state index contributed by atoms with van der Waals surface area (Å²) in [5, 5.41) is 9.02. The van der Waals surface area contributed by atoms with Gasteiger partial charge < -0.3 is 14.6 Å². The molecule has 2 fully saturated rings. The Morgan fingerprint density at radius 2 is 1.38 bits per heavy atom. The average Bonchev–Trinajstić information content (AvgIpc) is 3.04. The summed E-state index contributed by atoms with van der Waals surface area (Å²) < 4.78 is 10.8. The maximum absolute atomic E-state index is 9.02. The van der Waals surface area contributed by atoms with Crippen LogP contribution in [0.2, 0.25) is 0 Å². The molecule has 0 amide bonds. The van der Waals surface area contributed by atoms with Crippen molar-refractivity contribution in [3.05, 3.63) is 71.8 Å². The van der Waals surface area contributed by atoms with Gasteiger partial charge in [-0.25, -0.2) is 0 Å². The summed E-state index contributed by atoms with van der Waals surface area (Å²) >= 11 is 0. The van der Waals surface area contributed by atoms with Crippen LogP contribution in [-0.2, 0) is 22.6 Å². The van der Waals surface area contributed by atoms with Crippen molar-refractivity contribution in [1.29, 1.82) is 0 Å². The second kappa shape index (κ2) is 12.7. The Bertz CT molecular complexity index is 660. The summed E-state index contributed by atoms with van der Waals surface area (Å²) in [6.45, 7) is 8.65. The smallest absolute Gasteiger partial charge is 0.0933 e. The molecule has 5 nitrogen and oxygen atoms in total. The van der Waals surface area contributed by atoms with Crippen molar-refractivity contribution in [1.82, 2.24) is 9.80 Å². The molecule has 2 aliphatic heterocycles. The summed E-state index contributed by atoms with van der Waals surface area (Å²) in [4.78, 5) is 4.78. The number of nitrogens with zero attached hydrogens (tertiary/aromatic N) is 2. The van der Waals surface area contributed by atoms with Gasteiger partial charge in [-0.2, -0.15) is 0 Å². The molecule has 1 N–H and O–H groups in total. The van der Waals surface area contributed by atoms with Crippen LogP contribution in [-0.4, -0.2) is 73.6 Å². The van der Waals surface area contributed by atoms with Crippen LogP contribution < -0.4 is 0 Å². The molecule has 2 aliphatic rings.